The number of hydrogen-bond donors (Lipinski definition) is 3. The molecule has 0 saturated heterocycles. The van der Waals surface area contributed by atoms with E-state index < -0.39 is 27.3 Å². The van der Waals surface area contributed by atoms with E-state index in [1.165, 1.54) is 25.4 Å². The highest BCUT2D eigenvalue weighted by Crippen LogP contribution is 2.35. The molecule has 37 heavy (non-hydrogen) atoms. The molecule has 3 N–H and O–H groups in total. The third-order valence-corrected chi connectivity index (χ3v) is 7.15. The highest BCUT2D eigenvalue weighted by molar-refractivity contribution is 14.1. The summed E-state index contributed by atoms with van der Waals surface area (Å²) in [4.78, 5) is 26.1. The number of benzene rings is 2. The van der Waals surface area contributed by atoms with Crippen LogP contribution in [0.2, 0.25) is 0 Å². The second kappa shape index (κ2) is 10.5. The second-order valence-corrected chi connectivity index (χ2v) is 11.1. The van der Waals surface area contributed by atoms with Crippen LogP contribution < -0.4 is 20.9 Å². The van der Waals surface area contributed by atoms with Crippen molar-refractivity contribution in [3.8, 4) is 11.5 Å². The van der Waals surface area contributed by atoms with Gasteiger partial charge in [-0.05, 0) is 59.0 Å². The first-order valence-electron chi connectivity index (χ1n) is 10.8. The summed E-state index contributed by atoms with van der Waals surface area (Å²) in [5, 5.41) is 15.0. The van der Waals surface area contributed by atoms with Gasteiger partial charge in [0, 0.05) is 34.8 Å². The molecule has 2 aromatic heterocycles. The number of anilines is 2. The summed E-state index contributed by atoms with van der Waals surface area (Å²) in [7, 11) is -2.18. The Labute approximate surface area is 224 Å². The molecular weight excluding hydrogens is 618 g/mol. The molecule has 1 amide bonds. The lowest BCUT2D eigenvalue weighted by Crippen LogP contribution is -2.30. The number of ether oxygens (including phenoxy) is 1. The number of aliphatic hydroxyl groups is 1. The maximum absolute atomic E-state index is 14.7. The minimum atomic E-state index is -3.59. The fourth-order valence-corrected chi connectivity index (χ4v) is 4.96. The fraction of sp³-hybridized carbons (Fsp3) is 0.167. The van der Waals surface area contributed by atoms with Gasteiger partial charge in [0.05, 0.1) is 24.1 Å². The van der Waals surface area contributed by atoms with Crippen molar-refractivity contribution in [3.63, 3.8) is 0 Å². The van der Waals surface area contributed by atoms with Gasteiger partial charge in [0.2, 0.25) is 10.0 Å². The van der Waals surface area contributed by atoms with Gasteiger partial charge in [-0.1, -0.05) is 6.07 Å². The third-order valence-electron chi connectivity index (χ3n) is 5.45. The van der Waals surface area contributed by atoms with Gasteiger partial charge in [-0.3, -0.25) is 14.2 Å². The Morgan fingerprint density at radius 2 is 1.92 bits per heavy atom. The summed E-state index contributed by atoms with van der Waals surface area (Å²) in [5.74, 6) is -1.28. The van der Waals surface area contributed by atoms with E-state index in [1.54, 1.807) is 30.3 Å². The van der Waals surface area contributed by atoms with E-state index in [-0.39, 0.29) is 41.7 Å². The van der Waals surface area contributed by atoms with Crippen LogP contribution in [-0.2, 0) is 17.1 Å². The molecule has 4 rings (SSSR count). The molecule has 0 aliphatic heterocycles. The quantitative estimate of drug-likeness (QED) is 0.252. The number of rotatable bonds is 8. The molecular formula is C24H22FIN4O6S. The average molecular weight is 640 g/mol. The normalized spacial score (nSPS) is 11.5. The lowest BCUT2D eigenvalue weighted by atomic mass is 10.1. The number of aromatic nitrogens is 2. The number of pyridine rings is 1. The largest absolute Gasteiger partial charge is 0.455 e. The Balaban J connectivity index is 1.89. The van der Waals surface area contributed by atoms with Gasteiger partial charge in [-0.25, -0.2) is 16.8 Å². The number of halogens is 2. The van der Waals surface area contributed by atoms with Crippen molar-refractivity contribution in [1.82, 2.24) is 13.9 Å². The van der Waals surface area contributed by atoms with Gasteiger partial charge in [-0.2, -0.15) is 0 Å². The van der Waals surface area contributed by atoms with Crippen LogP contribution in [0, 0.1) is 9.39 Å². The topological polar surface area (TPSA) is 132 Å². The number of aliphatic hydroxyl groups excluding tert-OH is 1. The number of nitrogens with one attached hydrogen (secondary N) is 2. The lowest BCUT2D eigenvalue weighted by molar-refractivity contribution is 0.0942. The van der Waals surface area contributed by atoms with Gasteiger partial charge in [0.15, 0.2) is 0 Å². The van der Waals surface area contributed by atoms with Crippen molar-refractivity contribution in [2.24, 2.45) is 7.05 Å². The molecule has 0 aliphatic rings. The first-order chi connectivity index (χ1) is 17.5. The number of amides is 1. The summed E-state index contributed by atoms with van der Waals surface area (Å²) in [6.45, 7) is -0.411. The van der Waals surface area contributed by atoms with E-state index in [0.717, 1.165) is 20.9 Å². The SMILES string of the molecule is Cn1c(Nc2ccc(I)cc2F)c(C(=O)NCCO)c(Oc2cccc3c2ccn3S(C)(=O)=O)cc1=O. The first kappa shape index (κ1) is 26.6. The second-order valence-electron chi connectivity index (χ2n) is 8.02. The number of carbonyl (C=O) groups is 1. The van der Waals surface area contributed by atoms with Crippen molar-refractivity contribution in [2.45, 2.75) is 0 Å². The molecule has 0 spiro atoms. The van der Waals surface area contributed by atoms with Crippen LogP contribution in [0.4, 0.5) is 15.9 Å². The minimum absolute atomic E-state index is 0.0242. The van der Waals surface area contributed by atoms with Gasteiger partial charge in [0.25, 0.3) is 11.5 Å². The van der Waals surface area contributed by atoms with Crippen LogP contribution in [0.15, 0.2) is 59.5 Å². The van der Waals surface area contributed by atoms with Gasteiger partial charge in [-0.15, -0.1) is 0 Å². The number of fused-ring (bicyclic) bond motifs is 1. The zero-order chi connectivity index (χ0) is 26.9. The molecule has 0 radical (unpaired) electrons. The van der Waals surface area contributed by atoms with E-state index in [0.29, 0.717) is 14.5 Å². The van der Waals surface area contributed by atoms with Gasteiger partial charge in [0.1, 0.15) is 28.7 Å². The number of carbonyl (C=O) groups excluding carboxylic acids is 1. The van der Waals surface area contributed by atoms with Crippen LogP contribution in [-0.4, -0.2) is 47.4 Å². The molecule has 0 atom stereocenters. The maximum Gasteiger partial charge on any atom is 0.258 e. The molecule has 2 heterocycles. The van der Waals surface area contributed by atoms with Crippen molar-refractivity contribution in [3.05, 3.63) is 80.0 Å². The molecule has 13 heteroatoms. The summed E-state index contributed by atoms with van der Waals surface area (Å²) in [5.41, 5.74) is -0.304. The van der Waals surface area contributed by atoms with Gasteiger partial charge < -0.3 is 20.5 Å². The van der Waals surface area contributed by atoms with E-state index in [4.69, 9.17) is 4.74 Å². The average Bonchev–Trinajstić information content (AvgIpc) is 3.28. The first-order valence-corrected chi connectivity index (χ1v) is 13.8. The molecule has 0 saturated carbocycles. The standard InChI is InChI=1S/C24H22FIN4O6S/c1-29-21(32)13-20(36-19-5-3-4-18-15(19)8-10-30(18)37(2,34)35)22(24(33)27-9-11-31)23(29)28-17-7-6-14(26)12-16(17)25/h3-8,10,12-13,28,31H,9,11H2,1-2H3,(H,27,33). The molecule has 0 fully saturated rings. The molecule has 4 aromatic rings. The van der Waals surface area contributed by atoms with Crippen LogP contribution in [0.3, 0.4) is 0 Å². The molecule has 10 nitrogen and oxygen atoms in total. The van der Waals surface area contributed by atoms with E-state index in [9.17, 15) is 27.5 Å². The molecule has 0 aliphatic carbocycles. The lowest BCUT2D eigenvalue weighted by Gasteiger charge is -2.19. The van der Waals surface area contributed by atoms with Crippen molar-refractivity contribution >= 4 is 60.9 Å². The fourth-order valence-electron chi connectivity index (χ4n) is 3.71. The third kappa shape index (κ3) is 5.47. The maximum atomic E-state index is 14.7. The Hall–Kier alpha value is -3.43. The molecule has 0 bridgehead atoms. The molecule has 194 valence electrons. The Morgan fingerprint density at radius 3 is 2.59 bits per heavy atom. The van der Waals surface area contributed by atoms with E-state index in [2.05, 4.69) is 10.6 Å². The van der Waals surface area contributed by atoms with Crippen LogP contribution in [0.5, 0.6) is 11.5 Å². The van der Waals surface area contributed by atoms with Crippen molar-refractivity contribution in [1.29, 1.82) is 0 Å². The highest BCUT2D eigenvalue weighted by Gasteiger charge is 2.24. The van der Waals surface area contributed by atoms with Crippen molar-refractivity contribution < 1.29 is 27.4 Å². The van der Waals surface area contributed by atoms with Crippen LogP contribution in [0.1, 0.15) is 10.4 Å². The number of hydrogen-bond acceptors (Lipinski definition) is 7. The van der Waals surface area contributed by atoms with E-state index in [1.807, 2.05) is 22.6 Å². The summed E-state index contributed by atoms with van der Waals surface area (Å²) < 4.78 is 47.8. The van der Waals surface area contributed by atoms with Crippen molar-refractivity contribution in [2.75, 3.05) is 24.7 Å². The zero-order valence-corrected chi connectivity index (χ0v) is 22.6. The number of nitrogens with zero attached hydrogens (tertiary/aromatic N) is 2. The summed E-state index contributed by atoms with van der Waals surface area (Å²) in [6.07, 6.45) is 2.43. The Kier molecular flexibility index (Phi) is 7.57. The van der Waals surface area contributed by atoms with E-state index >= 15 is 0 Å². The Bertz CT molecular complexity index is 1680. The molecule has 2 aromatic carbocycles. The van der Waals surface area contributed by atoms with Crippen LogP contribution in [0.25, 0.3) is 10.9 Å². The minimum Gasteiger partial charge on any atom is -0.455 e. The smallest absolute Gasteiger partial charge is 0.258 e. The molecule has 0 unspecified atom stereocenters. The Morgan fingerprint density at radius 1 is 1.16 bits per heavy atom. The highest BCUT2D eigenvalue weighted by atomic mass is 127. The zero-order valence-electron chi connectivity index (χ0n) is 19.7. The predicted molar refractivity (Wildman–Crippen MR) is 146 cm³/mol. The van der Waals surface area contributed by atoms with Gasteiger partial charge >= 0.3 is 0 Å². The summed E-state index contributed by atoms with van der Waals surface area (Å²) >= 11 is 1.96. The summed E-state index contributed by atoms with van der Waals surface area (Å²) in [6, 6.07) is 11.8. The monoisotopic (exact) mass is 640 g/mol. The van der Waals surface area contributed by atoms with Crippen LogP contribution >= 0.6 is 22.6 Å². The predicted octanol–water partition coefficient (Wildman–Crippen LogP) is 3.15.